The van der Waals surface area contributed by atoms with Crippen molar-refractivity contribution in [3.63, 3.8) is 0 Å². The number of alkyl halides is 3. The number of piperazine rings is 1. The molecule has 16 heavy (non-hydrogen) atoms. The van der Waals surface area contributed by atoms with Crippen LogP contribution in [0.4, 0.5) is 13.2 Å². The molecule has 0 saturated carbocycles. The fourth-order valence-electron chi connectivity index (χ4n) is 1.77. The first kappa shape index (κ1) is 13.3. The van der Waals surface area contributed by atoms with Gasteiger partial charge in [-0.25, -0.2) is 0 Å². The van der Waals surface area contributed by atoms with Gasteiger partial charge in [0.15, 0.2) is 0 Å². The summed E-state index contributed by atoms with van der Waals surface area (Å²) in [6.45, 7) is 6.17. The van der Waals surface area contributed by atoms with E-state index in [-0.39, 0.29) is 0 Å². The maximum absolute atomic E-state index is 12.0. The van der Waals surface area contributed by atoms with Crippen LogP contribution >= 0.6 is 0 Å². The third kappa shape index (κ3) is 4.00. The van der Waals surface area contributed by atoms with E-state index in [0.717, 1.165) is 0 Å². The predicted octanol–water partition coefficient (Wildman–Crippen LogP) is 1.49. The molecule has 0 radical (unpaired) electrons. The Morgan fingerprint density at radius 2 is 1.69 bits per heavy atom. The molecule has 94 valence electrons. The van der Waals surface area contributed by atoms with Crippen molar-refractivity contribution in [2.75, 3.05) is 26.2 Å². The van der Waals surface area contributed by atoms with Gasteiger partial charge in [0, 0.05) is 32.2 Å². The molecule has 1 aliphatic heterocycles. The number of carbonyl (C=O) groups excluding carboxylic acids is 1. The molecular formula is C10H17F3N2O. The number of hydrogen-bond acceptors (Lipinski definition) is 2. The van der Waals surface area contributed by atoms with Crippen molar-refractivity contribution in [1.29, 1.82) is 0 Å². The Hall–Kier alpha value is -0.780. The zero-order valence-electron chi connectivity index (χ0n) is 9.55. The first-order valence-electron chi connectivity index (χ1n) is 5.38. The second-order valence-corrected chi connectivity index (χ2v) is 4.30. The zero-order valence-corrected chi connectivity index (χ0v) is 9.55. The smallest absolute Gasteiger partial charge is 0.340 e. The largest absolute Gasteiger partial charge is 0.397 e. The third-order valence-electron chi connectivity index (χ3n) is 2.75. The van der Waals surface area contributed by atoms with Crippen LogP contribution in [0.25, 0.3) is 0 Å². The maximum Gasteiger partial charge on any atom is 0.397 e. The van der Waals surface area contributed by atoms with Crippen LogP contribution in [0.2, 0.25) is 0 Å². The van der Waals surface area contributed by atoms with Crippen LogP contribution in [0.1, 0.15) is 20.3 Å². The molecular weight excluding hydrogens is 221 g/mol. The molecule has 0 atom stereocenters. The van der Waals surface area contributed by atoms with Gasteiger partial charge in [-0.2, -0.15) is 13.2 Å². The molecule has 0 aliphatic carbocycles. The summed E-state index contributed by atoms with van der Waals surface area (Å²) in [5, 5.41) is 0. The number of rotatable bonds is 2. The topological polar surface area (TPSA) is 23.6 Å². The average Bonchev–Trinajstić information content (AvgIpc) is 2.15. The van der Waals surface area contributed by atoms with Crippen molar-refractivity contribution >= 4 is 5.91 Å². The van der Waals surface area contributed by atoms with Gasteiger partial charge < -0.3 is 4.90 Å². The lowest BCUT2D eigenvalue weighted by Crippen LogP contribution is -2.51. The monoisotopic (exact) mass is 238 g/mol. The van der Waals surface area contributed by atoms with Crippen molar-refractivity contribution in [2.24, 2.45) is 0 Å². The van der Waals surface area contributed by atoms with Gasteiger partial charge in [-0.1, -0.05) is 0 Å². The minimum Gasteiger partial charge on any atom is -0.340 e. The molecule has 1 rings (SSSR count). The van der Waals surface area contributed by atoms with Crippen molar-refractivity contribution in [3.05, 3.63) is 0 Å². The standard InChI is InChI=1S/C10H17F3N2O/c1-8(2)14-3-5-15(6-4-14)9(16)7-10(11,12)13/h8H,3-7H2,1-2H3. The predicted molar refractivity (Wildman–Crippen MR) is 54.0 cm³/mol. The summed E-state index contributed by atoms with van der Waals surface area (Å²) in [6, 6.07) is 0.375. The van der Waals surface area contributed by atoms with E-state index in [1.54, 1.807) is 0 Å². The SMILES string of the molecule is CC(C)N1CCN(C(=O)CC(F)(F)F)CC1. The van der Waals surface area contributed by atoms with Crippen LogP contribution in [0.15, 0.2) is 0 Å². The summed E-state index contributed by atoms with van der Waals surface area (Å²) < 4.78 is 36.0. The second-order valence-electron chi connectivity index (χ2n) is 4.30. The van der Waals surface area contributed by atoms with Crippen molar-refractivity contribution in [2.45, 2.75) is 32.5 Å². The lowest BCUT2D eigenvalue weighted by atomic mass is 10.2. The molecule has 0 spiro atoms. The Kier molecular flexibility index (Phi) is 4.18. The van der Waals surface area contributed by atoms with E-state index in [4.69, 9.17) is 0 Å². The van der Waals surface area contributed by atoms with E-state index < -0.39 is 18.5 Å². The summed E-state index contributed by atoms with van der Waals surface area (Å²) in [7, 11) is 0. The Bertz CT molecular complexity index is 245. The molecule has 0 bridgehead atoms. The quantitative estimate of drug-likeness (QED) is 0.727. The van der Waals surface area contributed by atoms with E-state index in [9.17, 15) is 18.0 Å². The van der Waals surface area contributed by atoms with Crippen LogP contribution in [0, 0.1) is 0 Å². The normalized spacial score (nSPS) is 19.2. The maximum atomic E-state index is 12.0. The van der Waals surface area contributed by atoms with Crippen LogP contribution in [-0.2, 0) is 4.79 Å². The van der Waals surface area contributed by atoms with Gasteiger partial charge in [0.05, 0.1) is 0 Å². The van der Waals surface area contributed by atoms with E-state index >= 15 is 0 Å². The van der Waals surface area contributed by atoms with Gasteiger partial charge in [-0.15, -0.1) is 0 Å². The average molecular weight is 238 g/mol. The number of halogens is 3. The molecule has 0 aromatic heterocycles. The van der Waals surface area contributed by atoms with Crippen molar-refractivity contribution in [1.82, 2.24) is 9.80 Å². The highest BCUT2D eigenvalue weighted by molar-refractivity contribution is 5.76. The lowest BCUT2D eigenvalue weighted by molar-refractivity contribution is -0.162. The number of amides is 1. The number of nitrogens with zero attached hydrogens (tertiary/aromatic N) is 2. The highest BCUT2D eigenvalue weighted by Gasteiger charge is 2.34. The van der Waals surface area contributed by atoms with Gasteiger partial charge in [-0.3, -0.25) is 9.69 Å². The first-order chi connectivity index (χ1) is 7.29. The molecule has 0 aromatic carbocycles. The van der Waals surface area contributed by atoms with Crippen molar-refractivity contribution in [3.8, 4) is 0 Å². The number of hydrogen-bond donors (Lipinski definition) is 0. The minimum absolute atomic E-state index is 0.375. The molecule has 0 aromatic rings. The Labute approximate surface area is 93.2 Å². The molecule has 6 heteroatoms. The Balaban J connectivity index is 2.39. The summed E-state index contributed by atoms with van der Waals surface area (Å²) in [5.41, 5.74) is 0. The van der Waals surface area contributed by atoms with Gasteiger partial charge in [0.2, 0.25) is 5.91 Å². The van der Waals surface area contributed by atoms with Gasteiger partial charge in [0.1, 0.15) is 6.42 Å². The van der Waals surface area contributed by atoms with Gasteiger partial charge in [0.25, 0.3) is 0 Å². The van der Waals surface area contributed by atoms with Crippen LogP contribution in [0.3, 0.4) is 0 Å². The molecule has 0 unspecified atom stereocenters. The number of carbonyl (C=O) groups is 1. The summed E-state index contributed by atoms with van der Waals surface area (Å²) in [5.74, 6) is -0.809. The Morgan fingerprint density at radius 3 is 2.06 bits per heavy atom. The summed E-state index contributed by atoms with van der Waals surface area (Å²) in [4.78, 5) is 14.7. The van der Waals surface area contributed by atoms with E-state index in [1.165, 1.54) is 4.90 Å². The molecule has 1 saturated heterocycles. The highest BCUT2D eigenvalue weighted by Crippen LogP contribution is 2.21. The van der Waals surface area contributed by atoms with E-state index in [1.807, 2.05) is 13.8 Å². The second kappa shape index (κ2) is 5.03. The zero-order chi connectivity index (χ0) is 12.3. The fourth-order valence-corrected chi connectivity index (χ4v) is 1.77. The molecule has 1 heterocycles. The first-order valence-corrected chi connectivity index (χ1v) is 5.38. The van der Waals surface area contributed by atoms with Crippen LogP contribution in [-0.4, -0.2) is 54.1 Å². The molecule has 1 amide bonds. The minimum atomic E-state index is -4.40. The summed E-state index contributed by atoms with van der Waals surface area (Å²) >= 11 is 0. The third-order valence-corrected chi connectivity index (χ3v) is 2.75. The van der Waals surface area contributed by atoms with Crippen molar-refractivity contribution < 1.29 is 18.0 Å². The van der Waals surface area contributed by atoms with Crippen LogP contribution in [0.5, 0.6) is 0 Å². The highest BCUT2D eigenvalue weighted by atomic mass is 19.4. The van der Waals surface area contributed by atoms with Crippen LogP contribution < -0.4 is 0 Å². The molecule has 0 N–H and O–H groups in total. The molecule has 3 nitrogen and oxygen atoms in total. The Morgan fingerprint density at radius 1 is 1.19 bits per heavy atom. The summed E-state index contributed by atoms with van der Waals surface area (Å²) in [6.07, 6.45) is -5.74. The van der Waals surface area contributed by atoms with E-state index in [0.29, 0.717) is 32.2 Å². The fraction of sp³-hybridized carbons (Fsp3) is 0.900. The lowest BCUT2D eigenvalue weighted by Gasteiger charge is -2.37. The van der Waals surface area contributed by atoms with Gasteiger partial charge >= 0.3 is 6.18 Å². The molecule has 1 fully saturated rings. The molecule has 1 aliphatic rings. The van der Waals surface area contributed by atoms with E-state index in [2.05, 4.69) is 4.90 Å². The van der Waals surface area contributed by atoms with Gasteiger partial charge in [-0.05, 0) is 13.8 Å².